The zero-order chi connectivity index (χ0) is 13.1. The van der Waals surface area contributed by atoms with E-state index in [0.717, 1.165) is 22.1 Å². The molecule has 94 valence electrons. The smallest absolute Gasteiger partial charge is 0.309 e. The Bertz CT molecular complexity index is 580. The normalized spacial score (nSPS) is 10.6. The summed E-state index contributed by atoms with van der Waals surface area (Å²) in [5.41, 5.74) is 2.52. The second-order valence-electron chi connectivity index (χ2n) is 3.83. The van der Waals surface area contributed by atoms with E-state index in [9.17, 15) is 4.79 Å². The SMILES string of the molecule is CCc1cc(Br)ccc1-n1nncc1CC(=O)O. The Balaban J connectivity index is 2.48. The molecule has 2 aromatic rings. The molecule has 0 atom stereocenters. The van der Waals surface area contributed by atoms with Gasteiger partial charge in [-0.1, -0.05) is 28.1 Å². The van der Waals surface area contributed by atoms with Crippen molar-refractivity contribution in [2.75, 3.05) is 0 Å². The molecule has 0 radical (unpaired) electrons. The van der Waals surface area contributed by atoms with Crippen LogP contribution in [0.1, 0.15) is 18.2 Å². The van der Waals surface area contributed by atoms with E-state index in [1.165, 1.54) is 6.20 Å². The lowest BCUT2D eigenvalue weighted by Gasteiger charge is -2.10. The summed E-state index contributed by atoms with van der Waals surface area (Å²) in [6.45, 7) is 2.04. The molecule has 0 saturated heterocycles. The molecule has 2 rings (SSSR count). The van der Waals surface area contributed by atoms with E-state index in [1.807, 2.05) is 25.1 Å². The van der Waals surface area contributed by atoms with Gasteiger partial charge in [-0.15, -0.1) is 5.10 Å². The fraction of sp³-hybridized carbons (Fsp3) is 0.250. The molecule has 0 bridgehead atoms. The van der Waals surface area contributed by atoms with Crippen molar-refractivity contribution in [2.45, 2.75) is 19.8 Å². The quantitative estimate of drug-likeness (QED) is 0.940. The number of aryl methyl sites for hydroxylation is 1. The van der Waals surface area contributed by atoms with Gasteiger partial charge in [-0.2, -0.15) is 0 Å². The molecule has 0 aliphatic carbocycles. The van der Waals surface area contributed by atoms with Gasteiger partial charge in [0.1, 0.15) is 0 Å². The van der Waals surface area contributed by atoms with Crippen molar-refractivity contribution in [3.05, 3.63) is 40.1 Å². The maximum absolute atomic E-state index is 10.8. The fourth-order valence-corrected chi connectivity index (χ4v) is 2.19. The van der Waals surface area contributed by atoms with E-state index in [-0.39, 0.29) is 6.42 Å². The van der Waals surface area contributed by atoms with Crippen LogP contribution in [0.3, 0.4) is 0 Å². The van der Waals surface area contributed by atoms with E-state index in [1.54, 1.807) is 4.68 Å². The molecule has 0 spiro atoms. The number of carbonyl (C=O) groups is 1. The highest BCUT2D eigenvalue weighted by atomic mass is 79.9. The van der Waals surface area contributed by atoms with Crippen LogP contribution in [0.15, 0.2) is 28.9 Å². The summed E-state index contributed by atoms with van der Waals surface area (Å²) >= 11 is 3.42. The Kier molecular flexibility index (Phi) is 3.76. The average Bonchev–Trinajstić information content (AvgIpc) is 2.76. The Morgan fingerprint density at radius 2 is 2.28 bits per heavy atom. The van der Waals surface area contributed by atoms with Crippen LogP contribution in [-0.2, 0) is 17.6 Å². The van der Waals surface area contributed by atoms with Gasteiger partial charge in [-0.3, -0.25) is 4.79 Å². The Hall–Kier alpha value is -1.69. The Labute approximate surface area is 113 Å². The van der Waals surface area contributed by atoms with Crippen molar-refractivity contribution in [2.24, 2.45) is 0 Å². The molecule has 6 heteroatoms. The first kappa shape index (κ1) is 12.8. The van der Waals surface area contributed by atoms with Gasteiger partial charge in [-0.05, 0) is 30.2 Å². The van der Waals surface area contributed by atoms with E-state index >= 15 is 0 Å². The topological polar surface area (TPSA) is 68.0 Å². The van der Waals surface area contributed by atoms with Gasteiger partial charge >= 0.3 is 5.97 Å². The Morgan fingerprint density at radius 1 is 1.50 bits per heavy atom. The number of aromatic nitrogens is 3. The molecule has 0 fully saturated rings. The first-order valence-electron chi connectivity index (χ1n) is 5.52. The lowest BCUT2D eigenvalue weighted by atomic mass is 10.1. The van der Waals surface area contributed by atoms with Crippen molar-refractivity contribution < 1.29 is 9.90 Å². The van der Waals surface area contributed by atoms with Crippen molar-refractivity contribution in [3.63, 3.8) is 0 Å². The average molecular weight is 310 g/mol. The summed E-state index contributed by atoms with van der Waals surface area (Å²) in [6, 6.07) is 5.81. The molecule has 0 amide bonds. The van der Waals surface area contributed by atoms with Crippen LogP contribution >= 0.6 is 15.9 Å². The van der Waals surface area contributed by atoms with E-state index in [2.05, 4.69) is 26.2 Å². The molecule has 0 unspecified atom stereocenters. The molecule has 0 aliphatic rings. The zero-order valence-corrected chi connectivity index (χ0v) is 11.4. The molecule has 1 N–H and O–H groups in total. The highest BCUT2D eigenvalue weighted by molar-refractivity contribution is 9.10. The minimum atomic E-state index is -0.895. The lowest BCUT2D eigenvalue weighted by Crippen LogP contribution is -2.09. The minimum absolute atomic E-state index is 0.0911. The second-order valence-corrected chi connectivity index (χ2v) is 4.75. The number of aliphatic carboxylic acids is 1. The van der Waals surface area contributed by atoms with Crippen molar-refractivity contribution in [1.82, 2.24) is 15.0 Å². The van der Waals surface area contributed by atoms with Gasteiger partial charge in [0, 0.05) is 4.47 Å². The van der Waals surface area contributed by atoms with Gasteiger partial charge in [0.2, 0.25) is 0 Å². The van der Waals surface area contributed by atoms with E-state index in [0.29, 0.717) is 5.69 Å². The third-order valence-corrected chi connectivity index (χ3v) is 3.10. The first-order valence-corrected chi connectivity index (χ1v) is 6.31. The summed E-state index contributed by atoms with van der Waals surface area (Å²) in [5, 5.41) is 16.6. The predicted octanol–water partition coefficient (Wildman–Crippen LogP) is 2.22. The monoisotopic (exact) mass is 309 g/mol. The van der Waals surface area contributed by atoms with Crippen molar-refractivity contribution in [3.8, 4) is 5.69 Å². The highest BCUT2D eigenvalue weighted by Crippen LogP contribution is 2.21. The molecule has 5 nitrogen and oxygen atoms in total. The molecule has 18 heavy (non-hydrogen) atoms. The van der Waals surface area contributed by atoms with Crippen molar-refractivity contribution >= 4 is 21.9 Å². The van der Waals surface area contributed by atoms with Crippen LogP contribution in [0.25, 0.3) is 5.69 Å². The van der Waals surface area contributed by atoms with E-state index < -0.39 is 5.97 Å². The molecule has 0 saturated carbocycles. The predicted molar refractivity (Wildman–Crippen MR) is 69.8 cm³/mol. The second kappa shape index (κ2) is 5.30. The Morgan fingerprint density at radius 3 is 2.94 bits per heavy atom. The number of benzene rings is 1. The molecule has 0 aliphatic heterocycles. The maximum atomic E-state index is 10.8. The zero-order valence-electron chi connectivity index (χ0n) is 9.80. The standard InChI is InChI=1S/C12H12BrN3O2/c1-2-8-5-9(13)3-4-11(8)16-10(6-12(17)18)7-14-15-16/h3-5,7H,2,6H2,1H3,(H,17,18). The highest BCUT2D eigenvalue weighted by Gasteiger charge is 2.12. The third-order valence-electron chi connectivity index (χ3n) is 2.60. The fourth-order valence-electron chi connectivity index (χ4n) is 1.78. The first-order chi connectivity index (χ1) is 8.61. The molecule has 1 aromatic heterocycles. The summed E-state index contributed by atoms with van der Waals surface area (Å²) in [7, 11) is 0. The van der Waals surface area contributed by atoms with Crippen LogP contribution < -0.4 is 0 Å². The number of rotatable bonds is 4. The lowest BCUT2D eigenvalue weighted by molar-refractivity contribution is -0.136. The summed E-state index contributed by atoms with van der Waals surface area (Å²) in [6.07, 6.45) is 2.23. The van der Waals surface area contributed by atoms with Gasteiger partial charge in [0.15, 0.2) is 0 Å². The van der Waals surface area contributed by atoms with Crippen LogP contribution in [0.2, 0.25) is 0 Å². The minimum Gasteiger partial charge on any atom is -0.481 e. The number of carboxylic acids is 1. The largest absolute Gasteiger partial charge is 0.481 e. The number of nitrogens with zero attached hydrogens (tertiary/aromatic N) is 3. The van der Waals surface area contributed by atoms with Crippen LogP contribution in [-0.4, -0.2) is 26.1 Å². The third kappa shape index (κ3) is 2.59. The number of hydrogen-bond donors (Lipinski definition) is 1. The van der Waals surface area contributed by atoms with Crippen LogP contribution in [0.5, 0.6) is 0 Å². The number of carboxylic acid groups (broad SMARTS) is 1. The molecule has 1 aromatic carbocycles. The molecular formula is C12H12BrN3O2. The van der Waals surface area contributed by atoms with Crippen molar-refractivity contribution in [1.29, 1.82) is 0 Å². The van der Waals surface area contributed by atoms with Gasteiger partial charge in [-0.25, -0.2) is 4.68 Å². The van der Waals surface area contributed by atoms with Gasteiger partial charge in [0.25, 0.3) is 0 Å². The summed E-state index contributed by atoms with van der Waals surface area (Å²) < 4.78 is 2.57. The van der Waals surface area contributed by atoms with Crippen LogP contribution in [0.4, 0.5) is 0 Å². The number of halogens is 1. The molecular weight excluding hydrogens is 298 g/mol. The van der Waals surface area contributed by atoms with E-state index in [4.69, 9.17) is 5.11 Å². The summed E-state index contributed by atoms with van der Waals surface area (Å²) in [5.74, 6) is -0.895. The van der Waals surface area contributed by atoms with Gasteiger partial charge < -0.3 is 5.11 Å². The molecule has 1 heterocycles. The maximum Gasteiger partial charge on any atom is 0.309 e. The van der Waals surface area contributed by atoms with Crippen LogP contribution in [0, 0.1) is 0 Å². The number of hydrogen-bond acceptors (Lipinski definition) is 3. The summed E-state index contributed by atoms with van der Waals surface area (Å²) in [4.78, 5) is 10.8. The van der Waals surface area contributed by atoms with Gasteiger partial charge in [0.05, 0.1) is 24.0 Å².